The van der Waals surface area contributed by atoms with Crippen molar-refractivity contribution in [2.45, 2.75) is 31.6 Å². The second-order valence-corrected chi connectivity index (χ2v) is 3.98. The third-order valence-electron chi connectivity index (χ3n) is 1.16. The van der Waals surface area contributed by atoms with Gasteiger partial charge in [0.15, 0.2) is 0 Å². The standard InChI is InChI=1S/C7H16O2S/c1-6(9)5-10-7(2)3-4-8/h6-9H,3-5H2,1-2H3/t6-,7?/m1/s1. The van der Waals surface area contributed by atoms with Crippen LogP contribution in [-0.4, -0.2) is 33.9 Å². The number of hydrogen-bond donors (Lipinski definition) is 2. The summed E-state index contributed by atoms with van der Waals surface area (Å²) >= 11 is 1.70. The van der Waals surface area contributed by atoms with Crippen LogP contribution >= 0.6 is 11.8 Å². The highest BCUT2D eigenvalue weighted by Gasteiger charge is 2.02. The first kappa shape index (κ1) is 10.3. The van der Waals surface area contributed by atoms with Gasteiger partial charge >= 0.3 is 0 Å². The van der Waals surface area contributed by atoms with Gasteiger partial charge in [-0.25, -0.2) is 0 Å². The smallest absolute Gasteiger partial charge is 0.0602 e. The van der Waals surface area contributed by atoms with Gasteiger partial charge in [-0.15, -0.1) is 0 Å². The highest BCUT2D eigenvalue weighted by atomic mass is 32.2. The molecule has 0 aromatic carbocycles. The molecular weight excluding hydrogens is 148 g/mol. The molecule has 62 valence electrons. The third-order valence-corrected chi connectivity index (χ3v) is 2.64. The van der Waals surface area contributed by atoms with Crippen LogP contribution in [0.25, 0.3) is 0 Å². The van der Waals surface area contributed by atoms with Crippen LogP contribution in [0, 0.1) is 0 Å². The maximum atomic E-state index is 8.89. The SMILES string of the molecule is CC(CCO)SC[C@@H](C)O. The van der Waals surface area contributed by atoms with E-state index in [-0.39, 0.29) is 12.7 Å². The molecule has 0 bridgehead atoms. The van der Waals surface area contributed by atoms with Crippen LogP contribution in [0.3, 0.4) is 0 Å². The minimum Gasteiger partial charge on any atom is -0.396 e. The van der Waals surface area contributed by atoms with Gasteiger partial charge in [0.1, 0.15) is 0 Å². The zero-order valence-electron chi connectivity index (χ0n) is 6.58. The summed E-state index contributed by atoms with van der Waals surface area (Å²) < 4.78 is 0. The van der Waals surface area contributed by atoms with Crippen LogP contribution in [0.2, 0.25) is 0 Å². The Morgan fingerprint density at radius 3 is 2.40 bits per heavy atom. The van der Waals surface area contributed by atoms with Crippen molar-refractivity contribution in [1.29, 1.82) is 0 Å². The Bertz CT molecular complexity index is 76.0. The monoisotopic (exact) mass is 164 g/mol. The Balaban J connectivity index is 3.12. The molecular formula is C7H16O2S. The molecule has 2 nitrogen and oxygen atoms in total. The Hall–Kier alpha value is 0.270. The first-order valence-corrected chi connectivity index (χ1v) is 4.62. The van der Waals surface area contributed by atoms with Gasteiger partial charge in [0.2, 0.25) is 0 Å². The van der Waals surface area contributed by atoms with Gasteiger partial charge in [-0.05, 0) is 13.3 Å². The fourth-order valence-electron chi connectivity index (χ4n) is 0.569. The summed E-state index contributed by atoms with van der Waals surface area (Å²) in [4.78, 5) is 0. The average Bonchev–Trinajstić information content (AvgIpc) is 1.85. The predicted octanol–water partition coefficient (Wildman–Crippen LogP) is 0.871. The van der Waals surface area contributed by atoms with Gasteiger partial charge < -0.3 is 10.2 Å². The molecule has 2 N–H and O–H groups in total. The first-order chi connectivity index (χ1) is 4.66. The molecule has 0 rings (SSSR count). The molecule has 0 aromatic heterocycles. The summed E-state index contributed by atoms with van der Waals surface area (Å²) in [6.45, 7) is 4.08. The molecule has 10 heavy (non-hydrogen) atoms. The average molecular weight is 164 g/mol. The van der Waals surface area contributed by atoms with Crippen LogP contribution < -0.4 is 0 Å². The summed E-state index contributed by atoms with van der Waals surface area (Å²) in [6, 6.07) is 0. The van der Waals surface area contributed by atoms with Crippen molar-refractivity contribution in [3.8, 4) is 0 Å². The quantitative estimate of drug-likeness (QED) is 0.633. The molecule has 0 aliphatic carbocycles. The minimum absolute atomic E-state index is 0.230. The Morgan fingerprint density at radius 1 is 1.40 bits per heavy atom. The summed E-state index contributed by atoms with van der Waals surface area (Å²) in [7, 11) is 0. The molecule has 0 radical (unpaired) electrons. The number of aliphatic hydroxyl groups excluding tert-OH is 2. The molecule has 0 amide bonds. The second kappa shape index (κ2) is 6.01. The van der Waals surface area contributed by atoms with Crippen molar-refractivity contribution in [3.05, 3.63) is 0 Å². The maximum Gasteiger partial charge on any atom is 0.0602 e. The van der Waals surface area contributed by atoms with E-state index in [1.165, 1.54) is 0 Å². The largest absolute Gasteiger partial charge is 0.396 e. The summed E-state index contributed by atoms with van der Waals surface area (Å²) in [5.74, 6) is 0.765. The van der Waals surface area contributed by atoms with Crippen molar-refractivity contribution >= 4 is 11.8 Å². The normalized spacial score (nSPS) is 16.8. The van der Waals surface area contributed by atoms with E-state index in [1.54, 1.807) is 18.7 Å². The van der Waals surface area contributed by atoms with Gasteiger partial charge in [0.25, 0.3) is 0 Å². The molecule has 0 spiro atoms. The lowest BCUT2D eigenvalue weighted by Gasteiger charge is -2.09. The van der Waals surface area contributed by atoms with E-state index in [4.69, 9.17) is 10.2 Å². The van der Waals surface area contributed by atoms with Crippen molar-refractivity contribution in [2.24, 2.45) is 0 Å². The van der Waals surface area contributed by atoms with E-state index in [0.717, 1.165) is 12.2 Å². The van der Waals surface area contributed by atoms with Gasteiger partial charge in [-0.1, -0.05) is 6.92 Å². The Kier molecular flexibility index (Phi) is 6.17. The van der Waals surface area contributed by atoms with Crippen LogP contribution in [0.15, 0.2) is 0 Å². The van der Waals surface area contributed by atoms with Crippen molar-refractivity contribution in [2.75, 3.05) is 12.4 Å². The van der Waals surface area contributed by atoms with Crippen molar-refractivity contribution in [3.63, 3.8) is 0 Å². The molecule has 0 saturated heterocycles. The van der Waals surface area contributed by atoms with E-state index in [9.17, 15) is 0 Å². The molecule has 0 heterocycles. The van der Waals surface area contributed by atoms with E-state index in [1.807, 2.05) is 0 Å². The lowest BCUT2D eigenvalue weighted by Crippen LogP contribution is -2.08. The number of aliphatic hydroxyl groups is 2. The second-order valence-electron chi connectivity index (χ2n) is 2.51. The van der Waals surface area contributed by atoms with E-state index < -0.39 is 0 Å². The molecule has 0 fully saturated rings. The van der Waals surface area contributed by atoms with Crippen LogP contribution in [0.4, 0.5) is 0 Å². The molecule has 0 aliphatic rings. The molecule has 1 unspecified atom stereocenters. The predicted molar refractivity (Wildman–Crippen MR) is 45.3 cm³/mol. The molecule has 3 heteroatoms. The summed E-state index contributed by atoms with van der Waals surface area (Å²) in [5, 5.41) is 17.9. The third kappa shape index (κ3) is 6.39. The molecule has 0 aliphatic heterocycles. The Labute approximate surface area is 66.6 Å². The first-order valence-electron chi connectivity index (χ1n) is 3.57. The van der Waals surface area contributed by atoms with Gasteiger partial charge in [-0.3, -0.25) is 0 Å². The van der Waals surface area contributed by atoms with Gasteiger partial charge in [-0.2, -0.15) is 11.8 Å². The topological polar surface area (TPSA) is 40.5 Å². The molecule has 0 aromatic rings. The zero-order chi connectivity index (χ0) is 7.98. The molecule has 0 saturated carbocycles. The number of thioether (sulfide) groups is 1. The Morgan fingerprint density at radius 2 is 2.00 bits per heavy atom. The number of rotatable bonds is 5. The van der Waals surface area contributed by atoms with E-state index in [2.05, 4.69) is 6.92 Å². The van der Waals surface area contributed by atoms with Crippen molar-refractivity contribution in [1.82, 2.24) is 0 Å². The zero-order valence-corrected chi connectivity index (χ0v) is 7.40. The van der Waals surface area contributed by atoms with Crippen LogP contribution in [0.5, 0.6) is 0 Å². The fourth-order valence-corrected chi connectivity index (χ4v) is 1.45. The van der Waals surface area contributed by atoms with Gasteiger partial charge in [0, 0.05) is 17.6 Å². The summed E-state index contributed by atoms with van der Waals surface area (Å²) in [6.07, 6.45) is 0.586. The van der Waals surface area contributed by atoms with E-state index >= 15 is 0 Å². The lowest BCUT2D eigenvalue weighted by molar-refractivity contribution is 0.220. The van der Waals surface area contributed by atoms with Crippen LogP contribution in [-0.2, 0) is 0 Å². The molecule has 2 atom stereocenters. The maximum absolute atomic E-state index is 8.89. The van der Waals surface area contributed by atoms with E-state index in [0.29, 0.717) is 5.25 Å². The highest BCUT2D eigenvalue weighted by molar-refractivity contribution is 7.99. The number of hydrogen-bond acceptors (Lipinski definition) is 3. The summed E-state index contributed by atoms with van der Waals surface area (Å²) in [5.41, 5.74) is 0. The van der Waals surface area contributed by atoms with Crippen molar-refractivity contribution < 1.29 is 10.2 Å². The minimum atomic E-state index is -0.230. The lowest BCUT2D eigenvalue weighted by atomic mass is 10.3. The fraction of sp³-hybridized carbons (Fsp3) is 1.00. The highest BCUT2D eigenvalue weighted by Crippen LogP contribution is 2.14. The van der Waals surface area contributed by atoms with Crippen LogP contribution in [0.1, 0.15) is 20.3 Å². The van der Waals surface area contributed by atoms with Gasteiger partial charge in [0.05, 0.1) is 6.10 Å².